The number of amides is 1. The molecular weight excluding hydrogens is 385 g/mol. The fourth-order valence-corrected chi connectivity index (χ4v) is 4.21. The minimum absolute atomic E-state index is 0.00277. The van der Waals surface area contributed by atoms with Gasteiger partial charge in [0.2, 0.25) is 5.91 Å². The van der Waals surface area contributed by atoms with Crippen LogP contribution >= 0.6 is 0 Å². The fraction of sp³-hybridized carbons (Fsp3) is 0.619. The van der Waals surface area contributed by atoms with E-state index in [0.29, 0.717) is 24.6 Å². The first kappa shape index (κ1) is 22.3. The van der Waals surface area contributed by atoms with Gasteiger partial charge in [-0.15, -0.1) is 0 Å². The molecule has 1 aromatic rings. The second kappa shape index (κ2) is 9.61. The Labute approximate surface area is 177 Å². The number of carbonyl (C=O) groups excluding carboxylic acids is 1. The molecule has 0 radical (unpaired) electrons. The SMILES string of the molecule is CCC(C=NC)C1C=C(C(N)c2cc(N3CCN(C)C(=O)C3)ncn2)C(N)CC1F. The zero-order chi connectivity index (χ0) is 21.8. The van der Waals surface area contributed by atoms with E-state index >= 15 is 0 Å². The predicted molar refractivity (Wildman–Crippen MR) is 116 cm³/mol. The molecule has 8 nitrogen and oxygen atoms in total. The highest BCUT2D eigenvalue weighted by Gasteiger charge is 2.35. The van der Waals surface area contributed by atoms with Crippen molar-refractivity contribution in [2.45, 2.75) is 38.0 Å². The fourth-order valence-electron chi connectivity index (χ4n) is 4.21. The number of rotatable bonds is 6. The number of carbonyl (C=O) groups is 1. The van der Waals surface area contributed by atoms with Crippen LogP contribution < -0.4 is 16.4 Å². The van der Waals surface area contributed by atoms with Gasteiger partial charge >= 0.3 is 0 Å². The van der Waals surface area contributed by atoms with Crippen molar-refractivity contribution in [3.63, 3.8) is 0 Å². The van der Waals surface area contributed by atoms with E-state index < -0.39 is 18.3 Å². The lowest BCUT2D eigenvalue weighted by atomic mass is 9.76. The van der Waals surface area contributed by atoms with E-state index in [1.54, 1.807) is 31.3 Å². The quantitative estimate of drug-likeness (QED) is 0.529. The largest absolute Gasteiger partial charge is 0.345 e. The van der Waals surface area contributed by atoms with Gasteiger partial charge in [-0.3, -0.25) is 4.79 Å². The zero-order valence-electron chi connectivity index (χ0n) is 17.9. The third kappa shape index (κ3) is 4.67. The van der Waals surface area contributed by atoms with E-state index in [1.807, 2.05) is 17.9 Å². The van der Waals surface area contributed by atoms with E-state index in [4.69, 9.17) is 11.5 Å². The van der Waals surface area contributed by atoms with Crippen LogP contribution in [-0.4, -0.2) is 72.9 Å². The van der Waals surface area contributed by atoms with E-state index in [9.17, 15) is 9.18 Å². The highest BCUT2D eigenvalue weighted by atomic mass is 19.1. The van der Waals surface area contributed by atoms with E-state index in [2.05, 4.69) is 15.0 Å². The Morgan fingerprint density at radius 2 is 2.17 bits per heavy atom. The number of allylic oxidation sites excluding steroid dienone is 1. The minimum Gasteiger partial charge on any atom is -0.345 e. The Morgan fingerprint density at radius 3 is 2.83 bits per heavy atom. The molecule has 0 bridgehead atoms. The molecule has 9 heteroatoms. The Hall–Kier alpha value is -2.39. The molecule has 1 aliphatic carbocycles. The zero-order valence-corrected chi connectivity index (χ0v) is 17.9. The average Bonchev–Trinajstić information content (AvgIpc) is 2.74. The molecule has 2 aliphatic rings. The summed E-state index contributed by atoms with van der Waals surface area (Å²) in [6.07, 6.45) is 5.13. The first-order chi connectivity index (χ1) is 14.3. The van der Waals surface area contributed by atoms with Crippen LogP contribution in [0.4, 0.5) is 10.2 Å². The van der Waals surface area contributed by atoms with Crippen LogP contribution in [0.2, 0.25) is 0 Å². The molecule has 1 aromatic heterocycles. The maximum Gasteiger partial charge on any atom is 0.241 e. The van der Waals surface area contributed by atoms with Crippen molar-refractivity contribution in [2.24, 2.45) is 28.3 Å². The van der Waals surface area contributed by atoms with Crippen molar-refractivity contribution in [2.75, 3.05) is 38.6 Å². The van der Waals surface area contributed by atoms with Crippen molar-refractivity contribution < 1.29 is 9.18 Å². The lowest BCUT2D eigenvalue weighted by Crippen LogP contribution is -2.48. The third-order valence-electron chi connectivity index (χ3n) is 6.15. The van der Waals surface area contributed by atoms with Gasteiger partial charge < -0.3 is 26.3 Å². The topological polar surface area (TPSA) is 114 Å². The first-order valence-corrected chi connectivity index (χ1v) is 10.5. The van der Waals surface area contributed by atoms with E-state index in [-0.39, 0.29) is 30.7 Å². The Bertz CT molecular complexity index is 814. The molecule has 30 heavy (non-hydrogen) atoms. The summed E-state index contributed by atoms with van der Waals surface area (Å²) in [5.41, 5.74) is 14.2. The summed E-state index contributed by atoms with van der Waals surface area (Å²) in [5.74, 6) is 0.391. The monoisotopic (exact) mass is 417 g/mol. The van der Waals surface area contributed by atoms with Crippen molar-refractivity contribution in [3.8, 4) is 0 Å². The summed E-state index contributed by atoms with van der Waals surface area (Å²) >= 11 is 0. The molecule has 0 aromatic carbocycles. The standard InChI is InChI=1S/C21H32FN7O/c1-4-13(10-25-2)14-7-15(17(23)8-16(14)22)21(24)18-9-19(27-12-26-18)29-6-5-28(3)20(30)11-29/h7,9-10,12-14,16-17,21H,4-6,8,11,23-24H2,1-3H3. The summed E-state index contributed by atoms with van der Waals surface area (Å²) in [5, 5.41) is 0. The Balaban J connectivity index is 1.86. The molecule has 0 saturated carbocycles. The van der Waals surface area contributed by atoms with Gasteiger partial charge in [-0.05, 0) is 18.4 Å². The number of halogens is 1. The van der Waals surface area contributed by atoms with Crippen LogP contribution in [0.3, 0.4) is 0 Å². The van der Waals surface area contributed by atoms with Crippen molar-refractivity contribution in [1.82, 2.24) is 14.9 Å². The highest BCUT2D eigenvalue weighted by Crippen LogP contribution is 2.36. The lowest BCUT2D eigenvalue weighted by molar-refractivity contribution is -0.129. The average molecular weight is 418 g/mol. The van der Waals surface area contributed by atoms with Gasteiger partial charge in [-0.2, -0.15) is 0 Å². The Morgan fingerprint density at radius 1 is 1.40 bits per heavy atom. The van der Waals surface area contributed by atoms with Crippen LogP contribution in [0.5, 0.6) is 0 Å². The number of aromatic nitrogens is 2. The number of nitrogens with zero attached hydrogens (tertiary/aromatic N) is 5. The number of likely N-dealkylation sites (N-methyl/N-ethyl adjacent to an activating group) is 1. The molecule has 5 atom stereocenters. The number of nitrogens with two attached hydrogens (primary N) is 2. The summed E-state index contributed by atoms with van der Waals surface area (Å²) in [7, 11) is 3.49. The van der Waals surface area contributed by atoms with Crippen LogP contribution in [0.1, 0.15) is 31.5 Å². The van der Waals surface area contributed by atoms with Crippen LogP contribution in [-0.2, 0) is 4.79 Å². The minimum atomic E-state index is -1.03. The maximum atomic E-state index is 14.8. The van der Waals surface area contributed by atoms with Gasteiger partial charge in [0, 0.05) is 57.3 Å². The number of alkyl halides is 1. The molecule has 1 fully saturated rings. The molecule has 1 saturated heterocycles. The van der Waals surface area contributed by atoms with E-state index in [0.717, 1.165) is 12.0 Å². The number of hydrogen-bond donors (Lipinski definition) is 2. The van der Waals surface area contributed by atoms with Gasteiger partial charge in [0.05, 0.1) is 18.3 Å². The molecule has 4 N–H and O–H groups in total. The smallest absolute Gasteiger partial charge is 0.241 e. The van der Waals surface area contributed by atoms with Crippen LogP contribution in [0, 0.1) is 11.8 Å². The van der Waals surface area contributed by atoms with Gasteiger partial charge in [-0.1, -0.05) is 13.0 Å². The molecule has 164 valence electrons. The summed E-state index contributed by atoms with van der Waals surface area (Å²) in [6.45, 7) is 3.62. The highest BCUT2D eigenvalue weighted by molar-refractivity contribution is 5.82. The molecule has 5 unspecified atom stereocenters. The first-order valence-electron chi connectivity index (χ1n) is 10.5. The second-order valence-electron chi connectivity index (χ2n) is 8.10. The third-order valence-corrected chi connectivity index (χ3v) is 6.15. The number of hydrogen-bond acceptors (Lipinski definition) is 7. The molecule has 1 aliphatic heterocycles. The molecular formula is C21H32FN7O. The van der Waals surface area contributed by atoms with Crippen LogP contribution in [0.15, 0.2) is 29.0 Å². The number of aliphatic imine (C=N–C) groups is 1. The van der Waals surface area contributed by atoms with Crippen LogP contribution in [0.25, 0.3) is 0 Å². The summed E-state index contributed by atoms with van der Waals surface area (Å²) in [4.78, 5) is 28.4. The van der Waals surface area contributed by atoms with Crippen molar-refractivity contribution >= 4 is 17.9 Å². The predicted octanol–water partition coefficient (Wildman–Crippen LogP) is 1.09. The molecule has 3 rings (SSSR count). The van der Waals surface area contributed by atoms with Gasteiger partial charge in [0.1, 0.15) is 18.3 Å². The Kier molecular flexibility index (Phi) is 7.14. The number of piperazine rings is 1. The molecule has 0 spiro atoms. The summed E-state index contributed by atoms with van der Waals surface area (Å²) in [6, 6.07) is 0.778. The van der Waals surface area contributed by atoms with Gasteiger partial charge in [0.15, 0.2) is 0 Å². The van der Waals surface area contributed by atoms with Crippen molar-refractivity contribution in [3.05, 3.63) is 29.7 Å². The second-order valence-corrected chi connectivity index (χ2v) is 8.10. The van der Waals surface area contributed by atoms with Crippen molar-refractivity contribution in [1.29, 1.82) is 0 Å². The molecule has 1 amide bonds. The van der Waals surface area contributed by atoms with E-state index in [1.165, 1.54) is 6.33 Å². The normalized spacial score (nSPS) is 27.3. The maximum absolute atomic E-state index is 14.8. The summed E-state index contributed by atoms with van der Waals surface area (Å²) < 4.78 is 14.8. The number of anilines is 1. The molecule has 2 heterocycles. The lowest BCUT2D eigenvalue weighted by Gasteiger charge is -2.35. The van der Waals surface area contributed by atoms with Gasteiger partial charge in [-0.25, -0.2) is 14.4 Å². The van der Waals surface area contributed by atoms with Gasteiger partial charge in [0.25, 0.3) is 0 Å².